The predicted octanol–water partition coefficient (Wildman–Crippen LogP) is 2.75. The van der Waals surface area contributed by atoms with E-state index in [1.54, 1.807) is 30.3 Å². The van der Waals surface area contributed by atoms with Gasteiger partial charge in [-0.05, 0) is 24.1 Å². The van der Waals surface area contributed by atoms with Crippen molar-refractivity contribution in [3.05, 3.63) is 75.3 Å². The molecule has 2 fully saturated rings. The number of likely N-dealkylation sites (tertiary alicyclic amines) is 1. The van der Waals surface area contributed by atoms with Gasteiger partial charge >= 0.3 is 0 Å². The van der Waals surface area contributed by atoms with Crippen LogP contribution in [0.15, 0.2) is 54.1 Å². The van der Waals surface area contributed by atoms with Crippen LogP contribution >= 0.6 is 0 Å². The van der Waals surface area contributed by atoms with Crippen molar-refractivity contribution in [1.29, 1.82) is 0 Å². The summed E-state index contributed by atoms with van der Waals surface area (Å²) in [5, 5.41) is 22.6. The molecule has 0 bridgehead atoms. The number of Topliss-reactive ketones (excluding diaryl/α,β-unsaturated/α-hetero) is 1. The van der Waals surface area contributed by atoms with Crippen molar-refractivity contribution in [2.75, 3.05) is 46.5 Å². The normalized spacial score (nSPS) is 20.3. The Morgan fingerprint density at radius 1 is 1.14 bits per heavy atom. The fraction of sp³-hybridized carbons (Fsp3) is 0.360. The fourth-order valence-electron chi connectivity index (χ4n) is 4.48. The second-order valence-electron chi connectivity index (χ2n) is 8.38. The van der Waals surface area contributed by atoms with Gasteiger partial charge in [-0.3, -0.25) is 24.6 Å². The number of non-ortho nitro benzene ring substituents is 1. The Morgan fingerprint density at radius 2 is 1.89 bits per heavy atom. The van der Waals surface area contributed by atoms with Gasteiger partial charge in [-0.2, -0.15) is 0 Å². The van der Waals surface area contributed by atoms with Gasteiger partial charge in [0.2, 0.25) is 0 Å². The number of benzene rings is 2. The van der Waals surface area contributed by atoms with Crippen LogP contribution in [-0.4, -0.2) is 78.0 Å². The Hall–Kier alpha value is -3.76. The molecule has 1 atom stereocenters. The summed E-state index contributed by atoms with van der Waals surface area (Å²) in [6.45, 7) is 3.86. The Balaban J connectivity index is 1.72. The maximum atomic E-state index is 13.2. The van der Waals surface area contributed by atoms with Gasteiger partial charge < -0.3 is 19.5 Å². The van der Waals surface area contributed by atoms with E-state index in [1.807, 2.05) is 0 Å². The first-order valence-electron chi connectivity index (χ1n) is 11.4. The molecule has 2 aliphatic heterocycles. The minimum atomic E-state index is -0.953. The van der Waals surface area contributed by atoms with Crippen molar-refractivity contribution in [1.82, 2.24) is 9.80 Å². The molecule has 0 aliphatic carbocycles. The number of nitrogens with zero attached hydrogens (tertiary/aromatic N) is 3. The molecule has 1 N–H and O–H groups in total. The zero-order valence-corrected chi connectivity index (χ0v) is 19.4. The second kappa shape index (κ2) is 10.7. The third-order valence-electron chi connectivity index (χ3n) is 6.26. The lowest BCUT2D eigenvalue weighted by Crippen LogP contribution is -2.39. The summed E-state index contributed by atoms with van der Waals surface area (Å²) in [6, 6.07) is 11.4. The Bertz CT molecular complexity index is 1160. The van der Waals surface area contributed by atoms with Crippen molar-refractivity contribution in [3.8, 4) is 5.75 Å². The lowest BCUT2D eigenvalue weighted by atomic mass is 9.95. The van der Waals surface area contributed by atoms with Crippen LogP contribution in [0.2, 0.25) is 0 Å². The topological polar surface area (TPSA) is 122 Å². The number of ether oxygens (including phenoxy) is 2. The number of aliphatic hydroxyl groups excluding tert-OH is 1. The zero-order chi connectivity index (χ0) is 24.9. The number of morpholine rings is 1. The molecule has 0 aromatic heterocycles. The van der Waals surface area contributed by atoms with Crippen molar-refractivity contribution in [2.24, 2.45) is 0 Å². The average molecular weight is 482 g/mol. The number of aliphatic hydroxyl groups is 1. The largest absolute Gasteiger partial charge is 0.507 e. The molecule has 10 nitrogen and oxygen atoms in total. The van der Waals surface area contributed by atoms with Crippen LogP contribution in [0.25, 0.3) is 5.76 Å². The molecule has 0 unspecified atom stereocenters. The first-order chi connectivity index (χ1) is 16.9. The van der Waals surface area contributed by atoms with Gasteiger partial charge in [0.05, 0.1) is 36.9 Å². The fourth-order valence-corrected chi connectivity index (χ4v) is 4.48. The molecule has 2 aliphatic rings. The van der Waals surface area contributed by atoms with Crippen molar-refractivity contribution in [3.63, 3.8) is 0 Å². The molecule has 10 heteroatoms. The first-order valence-corrected chi connectivity index (χ1v) is 11.4. The number of ketones is 1. The van der Waals surface area contributed by atoms with E-state index >= 15 is 0 Å². The summed E-state index contributed by atoms with van der Waals surface area (Å²) in [6.07, 6.45) is 0.595. The standard InChI is InChI=1S/C25H27N3O7/c1-34-20-8-3-6-18(16-20)23(29)21-22(17-5-2-7-19(15-17)28(32)33)27(25(31)24(21)30)10-4-9-26-11-13-35-14-12-26/h2-3,5-8,15-16,22,29H,4,9-14H2,1H3/t22-/m1/s1. The SMILES string of the molecule is COc1cccc(C(O)=C2C(=O)C(=O)N(CCCN3CCOCC3)[C@@H]2c2cccc([N+](=O)[O-])c2)c1. The number of amides is 1. The van der Waals surface area contributed by atoms with E-state index in [1.165, 1.54) is 30.2 Å². The van der Waals surface area contributed by atoms with Crippen LogP contribution in [0.5, 0.6) is 5.75 Å². The first kappa shape index (κ1) is 24.4. The molecule has 0 radical (unpaired) electrons. The number of hydrogen-bond donors (Lipinski definition) is 1. The summed E-state index contributed by atoms with van der Waals surface area (Å²) < 4.78 is 10.6. The molecule has 2 aromatic rings. The van der Waals surface area contributed by atoms with E-state index in [0.717, 1.165) is 13.1 Å². The van der Waals surface area contributed by atoms with Crippen LogP contribution < -0.4 is 4.74 Å². The summed E-state index contributed by atoms with van der Waals surface area (Å²) in [7, 11) is 1.48. The Morgan fingerprint density at radius 3 is 2.60 bits per heavy atom. The third-order valence-corrected chi connectivity index (χ3v) is 6.26. The third kappa shape index (κ3) is 5.18. The zero-order valence-electron chi connectivity index (χ0n) is 19.4. The van der Waals surface area contributed by atoms with Crippen LogP contribution in [0.1, 0.15) is 23.6 Å². The van der Waals surface area contributed by atoms with Gasteiger partial charge in [-0.15, -0.1) is 0 Å². The highest BCUT2D eigenvalue weighted by molar-refractivity contribution is 6.46. The van der Waals surface area contributed by atoms with Crippen molar-refractivity contribution >= 4 is 23.1 Å². The number of nitro groups is 1. The molecular weight excluding hydrogens is 454 g/mol. The Kier molecular flexibility index (Phi) is 7.42. The van der Waals surface area contributed by atoms with E-state index in [9.17, 15) is 24.8 Å². The van der Waals surface area contributed by atoms with Gasteiger partial charge in [0.25, 0.3) is 17.4 Å². The summed E-state index contributed by atoms with van der Waals surface area (Å²) in [4.78, 5) is 40.7. The summed E-state index contributed by atoms with van der Waals surface area (Å²) in [5.41, 5.74) is 0.429. The monoisotopic (exact) mass is 481 g/mol. The minimum Gasteiger partial charge on any atom is -0.507 e. The highest BCUT2D eigenvalue weighted by Crippen LogP contribution is 2.40. The van der Waals surface area contributed by atoms with Crippen molar-refractivity contribution in [2.45, 2.75) is 12.5 Å². The molecule has 35 heavy (non-hydrogen) atoms. The van der Waals surface area contributed by atoms with Gasteiger partial charge in [0, 0.05) is 43.9 Å². The number of methoxy groups -OCH3 is 1. The number of nitro benzene ring substituents is 1. The Labute approximate surface area is 202 Å². The maximum absolute atomic E-state index is 13.2. The van der Waals surface area contributed by atoms with Crippen LogP contribution in [0, 0.1) is 10.1 Å². The van der Waals surface area contributed by atoms with Crippen LogP contribution in [0.4, 0.5) is 5.69 Å². The predicted molar refractivity (Wildman–Crippen MR) is 127 cm³/mol. The number of carbonyl (C=O) groups excluding carboxylic acids is 2. The smallest absolute Gasteiger partial charge is 0.295 e. The molecule has 2 saturated heterocycles. The van der Waals surface area contributed by atoms with Crippen LogP contribution in [0.3, 0.4) is 0 Å². The van der Waals surface area contributed by atoms with E-state index in [-0.39, 0.29) is 23.6 Å². The van der Waals surface area contributed by atoms with E-state index in [0.29, 0.717) is 43.1 Å². The lowest BCUT2D eigenvalue weighted by molar-refractivity contribution is -0.384. The van der Waals surface area contributed by atoms with Crippen LogP contribution in [-0.2, 0) is 14.3 Å². The van der Waals surface area contributed by atoms with E-state index in [4.69, 9.17) is 9.47 Å². The average Bonchev–Trinajstić information content (AvgIpc) is 3.14. The molecule has 2 aromatic carbocycles. The minimum absolute atomic E-state index is 0.102. The number of carbonyl (C=O) groups is 2. The summed E-state index contributed by atoms with van der Waals surface area (Å²) >= 11 is 0. The molecule has 2 heterocycles. The van der Waals surface area contributed by atoms with Gasteiger partial charge in [-0.25, -0.2) is 0 Å². The molecule has 184 valence electrons. The molecular formula is C25H27N3O7. The van der Waals surface area contributed by atoms with Gasteiger partial charge in [-0.1, -0.05) is 24.3 Å². The second-order valence-corrected chi connectivity index (χ2v) is 8.38. The maximum Gasteiger partial charge on any atom is 0.295 e. The summed E-state index contributed by atoms with van der Waals surface area (Å²) in [5.74, 6) is -1.45. The van der Waals surface area contributed by atoms with E-state index < -0.39 is 22.7 Å². The molecule has 0 spiro atoms. The number of rotatable bonds is 8. The number of hydrogen-bond acceptors (Lipinski definition) is 8. The molecule has 4 rings (SSSR count). The van der Waals surface area contributed by atoms with E-state index in [2.05, 4.69) is 4.90 Å². The van der Waals surface area contributed by atoms with Gasteiger partial charge in [0.15, 0.2) is 0 Å². The molecule has 0 saturated carbocycles. The molecule has 1 amide bonds. The highest BCUT2D eigenvalue weighted by atomic mass is 16.6. The van der Waals surface area contributed by atoms with Gasteiger partial charge in [0.1, 0.15) is 11.5 Å². The lowest BCUT2D eigenvalue weighted by Gasteiger charge is -2.29. The van der Waals surface area contributed by atoms with Crippen molar-refractivity contribution < 1.29 is 29.1 Å². The highest BCUT2D eigenvalue weighted by Gasteiger charge is 2.46. The quantitative estimate of drug-likeness (QED) is 0.201.